The molecule has 0 radical (unpaired) electrons. The monoisotopic (exact) mass is 337 g/mol. The SMILES string of the molecule is CC(C)C[C@H](NC(=O)C[C@@H]1CCO[C@@H](C(C)C)C1)c1cccs1. The molecule has 3 nitrogen and oxygen atoms in total. The van der Waals surface area contributed by atoms with Crippen LogP contribution in [0.5, 0.6) is 0 Å². The van der Waals surface area contributed by atoms with Gasteiger partial charge in [-0.2, -0.15) is 0 Å². The van der Waals surface area contributed by atoms with Gasteiger partial charge in [-0.1, -0.05) is 33.8 Å². The standard InChI is InChI=1S/C19H31NO2S/c1-13(2)10-16(18-6-5-9-23-18)20-19(21)12-15-7-8-22-17(11-15)14(3)4/h5-6,9,13-17H,7-8,10-12H2,1-4H3,(H,20,21)/t15-,16+,17-/m1/s1. The molecule has 130 valence electrons. The molecular formula is C19H31NO2S. The largest absolute Gasteiger partial charge is 0.378 e. The maximum absolute atomic E-state index is 12.5. The van der Waals surface area contributed by atoms with Crippen LogP contribution >= 0.6 is 11.3 Å². The Bertz CT molecular complexity index is 470. The van der Waals surface area contributed by atoms with Gasteiger partial charge in [0.1, 0.15) is 0 Å². The number of nitrogens with one attached hydrogen (secondary N) is 1. The van der Waals surface area contributed by atoms with Gasteiger partial charge in [0.05, 0.1) is 12.1 Å². The molecule has 3 atom stereocenters. The molecule has 1 amide bonds. The smallest absolute Gasteiger partial charge is 0.220 e. The molecule has 1 N–H and O–H groups in total. The van der Waals surface area contributed by atoms with Crippen LogP contribution in [0.4, 0.5) is 0 Å². The summed E-state index contributed by atoms with van der Waals surface area (Å²) in [6, 6.07) is 4.34. The van der Waals surface area contributed by atoms with Crippen LogP contribution < -0.4 is 5.32 Å². The topological polar surface area (TPSA) is 38.3 Å². The average Bonchev–Trinajstić information content (AvgIpc) is 3.00. The Labute approximate surface area is 144 Å². The predicted octanol–water partition coefficient (Wildman–Crippen LogP) is 4.79. The summed E-state index contributed by atoms with van der Waals surface area (Å²) >= 11 is 1.73. The molecule has 0 bridgehead atoms. The van der Waals surface area contributed by atoms with Crippen LogP contribution in [-0.2, 0) is 9.53 Å². The van der Waals surface area contributed by atoms with E-state index in [4.69, 9.17) is 4.74 Å². The van der Waals surface area contributed by atoms with E-state index >= 15 is 0 Å². The Kier molecular flexibility index (Phi) is 7.09. The van der Waals surface area contributed by atoms with Gasteiger partial charge >= 0.3 is 0 Å². The van der Waals surface area contributed by atoms with Crippen molar-refractivity contribution >= 4 is 17.2 Å². The molecule has 0 aromatic carbocycles. The summed E-state index contributed by atoms with van der Waals surface area (Å²) in [4.78, 5) is 13.8. The molecule has 2 rings (SSSR count). The second-order valence-electron chi connectivity index (χ2n) is 7.51. The van der Waals surface area contributed by atoms with E-state index in [0.29, 0.717) is 30.3 Å². The number of carbonyl (C=O) groups is 1. The predicted molar refractivity (Wildman–Crippen MR) is 96.6 cm³/mol. The lowest BCUT2D eigenvalue weighted by atomic mass is 9.88. The van der Waals surface area contributed by atoms with Gasteiger partial charge in [-0.15, -0.1) is 11.3 Å². The van der Waals surface area contributed by atoms with Gasteiger partial charge in [0.15, 0.2) is 0 Å². The van der Waals surface area contributed by atoms with Crippen molar-refractivity contribution in [1.82, 2.24) is 5.32 Å². The number of ether oxygens (including phenoxy) is 1. The first-order chi connectivity index (χ1) is 11.0. The third kappa shape index (κ3) is 5.92. The third-order valence-electron chi connectivity index (χ3n) is 4.57. The van der Waals surface area contributed by atoms with Crippen molar-refractivity contribution in [2.45, 2.75) is 65.5 Å². The lowest BCUT2D eigenvalue weighted by Gasteiger charge is -2.32. The molecule has 1 aliphatic rings. The first-order valence-electron chi connectivity index (χ1n) is 8.90. The van der Waals surface area contributed by atoms with E-state index in [9.17, 15) is 4.79 Å². The molecule has 1 aromatic rings. The Balaban J connectivity index is 1.89. The molecule has 1 aromatic heterocycles. The zero-order chi connectivity index (χ0) is 16.8. The first kappa shape index (κ1) is 18.5. The number of rotatable bonds is 7. The van der Waals surface area contributed by atoms with E-state index in [-0.39, 0.29) is 11.9 Å². The fourth-order valence-corrected chi connectivity index (χ4v) is 4.06. The summed E-state index contributed by atoms with van der Waals surface area (Å²) in [5.74, 6) is 1.74. The highest BCUT2D eigenvalue weighted by Gasteiger charge is 2.27. The van der Waals surface area contributed by atoms with Crippen molar-refractivity contribution in [3.8, 4) is 0 Å². The summed E-state index contributed by atoms with van der Waals surface area (Å²) in [6.07, 6.45) is 3.95. The van der Waals surface area contributed by atoms with Gasteiger partial charge in [0.25, 0.3) is 0 Å². The van der Waals surface area contributed by atoms with E-state index in [1.165, 1.54) is 4.88 Å². The normalized spacial score (nSPS) is 23.2. The summed E-state index contributed by atoms with van der Waals surface area (Å²) in [5.41, 5.74) is 0. The van der Waals surface area contributed by atoms with Gasteiger partial charge < -0.3 is 10.1 Å². The fraction of sp³-hybridized carbons (Fsp3) is 0.737. The molecular weight excluding hydrogens is 306 g/mol. The highest BCUT2D eigenvalue weighted by molar-refractivity contribution is 7.10. The minimum absolute atomic E-state index is 0.156. The van der Waals surface area contributed by atoms with Crippen LogP contribution in [0.2, 0.25) is 0 Å². The minimum Gasteiger partial charge on any atom is -0.378 e. The van der Waals surface area contributed by atoms with Crippen molar-refractivity contribution in [1.29, 1.82) is 0 Å². The summed E-state index contributed by atoms with van der Waals surface area (Å²) in [5, 5.41) is 5.36. The molecule has 4 heteroatoms. The van der Waals surface area contributed by atoms with Crippen LogP contribution in [0.3, 0.4) is 0 Å². The van der Waals surface area contributed by atoms with Crippen LogP contribution in [0, 0.1) is 17.8 Å². The van der Waals surface area contributed by atoms with E-state index < -0.39 is 0 Å². The van der Waals surface area contributed by atoms with Crippen molar-refractivity contribution in [3.05, 3.63) is 22.4 Å². The van der Waals surface area contributed by atoms with Gasteiger partial charge in [-0.3, -0.25) is 4.79 Å². The molecule has 0 unspecified atom stereocenters. The van der Waals surface area contributed by atoms with Crippen molar-refractivity contribution in [3.63, 3.8) is 0 Å². The third-order valence-corrected chi connectivity index (χ3v) is 5.56. The molecule has 0 aliphatic carbocycles. The number of carbonyl (C=O) groups excluding carboxylic acids is 1. The quantitative estimate of drug-likeness (QED) is 0.776. The minimum atomic E-state index is 0.156. The summed E-state index contributed by atoms with van der Waals surface area (Å²) < 4.78 is 5.81. The first-order valence-corrected chi connectivity index (χ1v) is 9.78. The molecule has 23 heavy (non-hydrogen) atoms. The maximum Gasteiger partial charge on any atom is 0.220 e. The molecule has 1 aliphatic heterocycles. The van der Waals surface area contributed by atoms with Crippen molar-refractivity contribution < 1.29 is 9.53 Å². The van der Waals surface area contributed by atoms with E-state index in [1.807, 2.05) is 0 Å². The van der Waals surface area contributed by atoms with E-state index in [0.717, 1.165) is 25.9 Å². The molecule has 0 spiro atoms. The zero-order valence-electron chi connectivity index (χ0n) is 14.9. The van der Waals surface area contributed by atoms with E-state index in [1.54, 1.807) is 11.3 Å². The Hall–Kier alpha value is -0.870. The second kappa shape index (κ2) is 8.84. The Morgan fingerprint density at radius 2 is 2.17 bits per heavy atom. The highest BCUT2D eigenvalue weighted by atomic mass is 32.1. The van der Waals surface area contributed by atoms with Crippen LogP contribution in [0.1, 0.15) is 64.3 Å². The fourth-order valence-electron chi connectivity index (χ4n) is 3.27. The number of thiophene rings is 1. The molecule has 2 heterocycles. The van der Waals surface area contributed by atoms with Gasteiger partial charge in [-0.25, -0.2) is 0 Å². The van der Waals surface area contributed by atoms with Crippen LogP contribution in [-0.4, -0.2) is 18.6 Å². The number of amides is 1. The van der Waals surface area contributed by atoms with Gasteiger partial charge in [0.2, 0.25) is 5.91 Å². The Morgan fingerprint density at radius 1 is 1.39 bits per heavy atom. The van der Waals surface area contributed by atoms with Crippen molar-refractivity contribution in [2.24, 2.45) is 17.8 Å². The second-order valence-corrected chi connectivity index (χ2v) is 8.49. The lowest BCUT2D eigenvalue weighted by Crippen LogP contribution is -2.35. The average molecular weight is 338 g/mol. The lowest BCUT2D eigenvalue weighted by molar-refractivity contribution is -0.124. The molecule has 1 saturated heterocycles. The highest BCUT2D eigenvalue weighted by Crippen LogP contribution is 2.29. The summed E-state index contributed by atoms with van der Waals surface area (Å²) in [7, 11) is 0. The zero-order valence-corrected chi connectivity index (χ0v) is 15.7. The Morgan fingerprint density at radius 3 is 2.78 bits per heavy atom. The van der Waals surface area contributed by atoms with Gasteiger partial charge in [-0.05, 0) is 48.5 Å². The van der Waals surface area contributed by atoms with Crippen LogP contribution in [0.25, 0.3) is 0 Å². The van der Waals surface area contributed by atoms with E-state index in [2.05, 4.69) is 50.5 Å². The van der Waals surface area contributed by atoms with Gasteiger partial charge in [0, 0.05) is 17.9 Å². The molecule has 0 saturated carbocycles. The summed E-state index contributed by atoms with van der Waals surface area (Å²) in [6.45, 7) is 9.60. The van der Waals surface area contributed by atoms with Crippen LogP contribution in [0.15, 0.2) is 17.5 Å². The molecule has 1 fully saturated rings. The van der Waals surface area contributed by atoms with Crippen molar-refractivity contribution in [2.75, 3.05) is 6.61 Å². The number of hydrogen-bond donors (Lipinski definition) is 1. The maximum atomic E-state index is 12.5. The number of hydrogen-bond acceptors (Lipinski definition) is 3.